The lowest BCUT2D eigenvalue weighted by molar-refractivity contribution is 0.311. The predicted molar refractivity (Wildman–Crippen MR) is 85.0 cm³/mol. The molecule has 2 rings (SSSR count). The van der Waals surface area contributed by atoms with Gasteiger partial charge in [-0.2, -0.15) is 5.10 Å². The number of H-pyrrole nitrogens is 1. The highest BCUT2D eigenvalue weighted by molar-refractivity contribution is 5.81. The fourth-order valence-electron chi connectivity index (χ4n) is 1.72. The van der Waals surface area contributed by atoms with E-state index in [-0.39, 0.29) is 11.5 Å². The quantitative estimate of drug-likeness (QED) is 0.629. The van der Waals surface area contributed by atoms with Crippen LogP contribution in [0.2, 0.25) is 0 Å². The summed E-state index contributed by atoms with van der Waals surface area (Å²) in [5.74, 6) is 1.59. The number of anilines is 1. The van der Waals surface area contributed by atoms with E-state index in [1.165, 1.54) is 6.20 Å². The molecule has 0 saturated carbocycles. The van der Waals surface area contributed by atoms with Gasteiger partial charge in [-0.3, -0.25) is 9.78 Å². The number of nitrogens with one attached hydrogen (secondary N) is 2. The van der Waals surface area contributed by atoms with Crippen molar-refractivity contribution in [3.8, 4) is 11.5 Å². The molecular weight excluding hydrogens is 284 g/mol. The maximum absolute atomic E-state index is 11.4. The molecule has 0 amide bonds. The number of nitrogens with zero attached hydrogens (tertiary/aromatic N) is 2. The topological polar surface area (TPSA) is 88.6 Å². The molecule has 0 radical (unpaired) electrons. The van der Waals surface area contributed by atoms with E-state index in [9.17, 15) is 4.79 Å². The molecule has 0 spiro atoms. The monoisotopic (exact) mass is 302 g/mol. The molecule has 0 atom stereocenters. The summed E-state index contributed by atoms with van der Waals surface area (Å²) in [5, 5.41) is 4.03. The zero-order valence-electron chi connectivity index (χ0n) is 12.7. The van der Waals surface area contributed by atoms with Gasteiger partial charge in [0.15, 0.2) is 11.5 Å². The number of hydrogen-bond donors (Lipinski definition) is 2. The summed E-state index contributed by atoms with van der Waals surface area (Å²) in [5.41, 5.74) is 3.84. The van der Waals surface area contributed by atoms with Gasteiger partial charge in [0.2, 0.25) is 5.95 Å². The molecule has 1 heterocycles. The SMILES string of the molecule is CCOc1ccc(C=NNc2ncc(C)c(=O)[nH]2)cc1OC. The van der Waals surface area contributed by atoms with Crippen molar-refractivity contribution in [1.29, 1.82) is 0 Å². The van der Waals surface area contributed by atoms with E-state index in [0.717, 1.165) is 5.56 Å². The van der Waals surface area contributed by atoms with Crippen LogP contribution in [-0.2, 0) is 0 Å². The van der Waals surface area contributed by atoms with Crippen LogP contribution in [0.4, 0.5) is 5.95 Å². The first kappa shape index (κ1) is 15.6. The minimum Gasteiger partial charge on any atom is -0.493 e. The number of hydrazone groups is 1. The summed E-state index contributed by atoms with van der Waals surface area (Å²) < 4.78 is 10.7. The summed E-state index contributed by atoms with van der Waals surface area (Å²) in [4.78, 5) is 18.0. The van der Waals surface area contributed by atoms with Gasteiger partial charge in [-0.1, -0.05) is 0 Å². The molecule has 2 N–H and O–H groups in total. The van der Waals surface area contributed by atoms with Crippen molar-refractivity contribution < 1.29 is 9.47 Å². The molecule has 7 heteroatoms. The van der Waals surface area contributed by atoms with Crippen LogP contribution in [0, 0.1) is 6.92 Å². The molecule has 1 aromatic heterocycles. The van der Waals surface area contributed by atoms with Crippen LogP contribution in [0.5, 0.6) is 11.5 Å². The van der Waals surface area contributed by atoms with Crippen molar-refractivity contribution in [2.24, 2.45) is 5.10 Å². The molecule has 0 aliphatic carbocycles. The van der Waals surface area contributed by atoms with E-state index in [0.29, 0.717) is 23.7 Å². The van der Waals surface area contributed by atoms with Crippen LogP contribution in [0.15, 0.2) is 34.3 Å². The molecule has 0 fully saturated rings. The van der Waals surface area contributed by atoms with Gasteiger partial charge < -0.3 is 9.47 Å². The Balaban J connectivity index is 2.09. The first-order valence-electron chi connectivity index (χ1n) is 6.80. The lowest BCUT2D eigenvalue weighted by Gasteiger charge is -2.09. The molecule has 0 unspecified atom stereocenters. The van der Waals surface area contributed by atoms with Crippen molar-refractivity contribution >= 4 is 12.2 Å². The van der Waals surface area contributed by atoms with Crippen molar-refractivity contribution in [1.82, 2.24) is 9.97 Å². The van der Waals surface area contributed by atoms with Crippen LogP contribution in [0.1, 0.15) is 18.1 Å². The molecule has 116 valence electrons. The van der Waals surface area contributed by atoms with Gasteiger partial charge in [0.1, 0.15) is 0 Å². The predicted octanol–water partition coefficient (Wildman–Crippen LogP) is 1.93. The minimum atomic E-state index is -0.199. The maximum Gasteiger partial charge on any atom is 0.255 e. The van der Waals surface area contributed by atoms with Crippen LogP contribution in [-0.4, -0.2) is 29.9 Å². The molecule has 0 aliphatic heterocycles. The van der Waals surface area contributed by atoms with Crippen molar-refractivity contribution in [3.63, 3.8) is 0 Å². The molecule has 7 nitrogen and oxygen atoms in total. The highest BCUT2D eigenvalue weighted by atomic mass is 16.5. The van der Waals surface area contributed by atoms with Gasteiger partial charge >= 0.3 is 0 Å². The summed E-state index contributed by atoms with van der Waals surface area (Å²) in [6.07, 6.45) is 3.08. The Bertz CT molecular complexity index is 725. The third kappa shape index (κ3) is 3.85. The van der Waals surface area contributed by atoms with E-state index in [2.05, 4.69) is 20.5 Å². The number of aryl methyl sites for hydroxylation is 1. The van der Waals surface area contributed by atoms with E-state index in [1.807, 2.05) is 25.1 Å². The van der Waals surface area contributed by atoms with Gasteiger partial charge in [0, 0.05) is 11.8 Å². The lowest BCUT2D eigenvalue weighted by atomic mass is 10.2. The number of aromatic amines is 1. The van der Waals surface area contributed by atoms with E-state index < -0.39 is 0 Å². The molecule has 2 aromatic rings. The van der Waals surface area contributed by atoms with Crippen LogP contribution < -0.4 is 20.5 Å². The van der Waals surface area contributed by atoms with Crippen molar-refractivity contribution in [2.75, 3.05) is 19.1 Å². The molecule has 22 heavy (non-hydrogen) atoms. The van der Waals surface area contributed by atoms with E-state index >= 15 is 0 Å². The number of hydrogen-bond acceptors (Lipinski definition) is 6. The third-order valence-corrected chi connectivity index (χ3v) is 2.85. The average molecular weight is 302 g/mol. The van der Waals surface area contributed by atoms with E-state index in [1.54, 1.807) is 20.2 Å². The smallest absolute Gasteiger partial charge is 0.255 e. The lowest BCUT2D eigenvalue weighted by Crippen LogP contribution is -2.12. The second-order valence-corrected chi connectivity index (χ2v) is 4.46. The van der Waals surface area contributed by atoms with Gasteiger partial charge in [-0.05, 0) is 37.6 Å². The van der Waals surface area contributed by atoms with Crippen LogP contribution in [0.25, 0.3) is 0 Å². The Hall–Kier alpha value is -2.83. The van der Waals surface area contributed by atoms with Gasteiger partial charge in [-0.15, -0.1) is 0 Å². The van der Waals surface area contributed by atoms with Crippen molar-refractivity contribution in [3.05, 3.63) is 45.9 Å². The first-order valence-corrected chi connectivity index (χ1v) is 6.80. The Morgan fingerprint density at radius 2 is 2.23 bits per heavy atom. The first-order chi connectivity index (χ1) is 10.6. The Kier molecular flexibility index (Phi) is 5.13. The largest absolute Gasteiger partial charge is 0.493 e. The maximum atomic E-state index is 11.4. The second kappa shape index (κ2) is 7.26. The summed E-state index contributed by atoms with van der Waals surface area (Å²) in [6.45, 7) is 4.16. The van der Waals surface area contributed by atoms with Crippen LogP contribution in [0.3, 0.4) is 0 Å². The highest BCUT2D eigenvalue weighted by Gasteiger charge is 2.04. The highest BCUT2D eigenvalue weighted by Crippen LogP contribution is 2.27. The minimum absolute atomic E-state index is 0.199. The zero-order chi connectivity index (χ0) is 15.9. The Labute approximate surface area is 128 Å². The standard InChI is InChI=1S/C15H18N4O3/c1-4-22-12-6-5-11(7-13(12)21-3)9-17-19-15-16-8-10(2)14(20)18-15/h5-9H,4H2,1-3H3,(H2,16,18,19,20). The fourth-order valence-corrected chi connectivity index (χ4v) is 1.72. The van der Waals surface area contributed by atoms with E-state index in [4.69, 9.17) is 9.47 Å². The summed E-state index contributed by atoms with van der Waals surface area (Å²) in [6, 6.07) is 5.47. The fraction of sp³-hybridized carbons (Fsp3) is 0.267. The third-order valence-electron chi connectivity index (χ3n) is 2.85. The summed E-state index contributed by atoms with van der Waals surface area (Å²) >= 11 is 0. The van der Waals surface area contributed by atoms with Gasteiger partial charge in [0.25, 0.3) is 5.56 Å². The Morgan fingerprint density at radius 3 is 2.91 bits per heavy atom. The number of aromatic nitrogens is 2. The normalized spacial score (nSPS) is 10.7. The summed E-state index contributed by atoms with van der Waals surface area (Å²) in [7, 11) is 1.58. The number of ether oxygens (including phenoxy) is 2. The second-order valence-electron chi connectivity index (χ2n) is 4.46. The molecule has 0 aliphatic rings. The van der Waals surface area contributed by atoms with Crippen LogP contribution >= 0.6 is 0 Å². The van der Waals surface area contributed by atoms with Crippen molar-refractivity contribution in [2.45, 2.75) is 13.8 Å². The van der Waals surface area contributed by atoms with Gasteiger partial charge in [-0.25, -0.2) is 10.4 Å². The molecular formula is C15H18N4O3. The zero-order valence-corrected chi connectivity index (χ0v) is 12.7. The number of benzene rings is 1. The van der Waals surface area contributed by atoms with Gasteiger partial charge in [0.05, 0.1) is 19.9 Å². The molecule has 0 bridgehead atoms. The number of methoxy groups -OCH3 is 1. The molecule has 0 saturated heterocycles. The number of rotatable bonds is 6. The molecule has 1 aromatic carbocycles. The average Bonchev–Trinajstić information content (AvgIpc) is 2.52. The Morgan fingerprint density at radius 1 is 1.41 bits per heavy atom.